The second kappa shape index (κ2) is 6.35. The van der Waals surface area contributed by atoms with Gasteiger partial charge < -0.3 is 19.5 Å². The Morgan fingerprint density at radius 2 is 1.95 bits per heavy atom. The Bertz CT molecular complexity index is 509. The van der Waals surface area contributed by atoms with Gasteiger partial charge in [-0.3, -0.25) is 4.79 Å². The topological polar surface area (TPSA) is 59.0 Å². The van der Waals surface area contributed by atoms with Gasteiger partial charge in [0.1, 0.15) is 0 Å². The van der Waals surface area contributed by atoms with Gasteiger partial charge in [0.15, 0.2) is 11.5 Å². The summed E-state index contributed by atoms with van der Waals surface area (Å²) in [6.45, 7) is 0.339. The van der Waals surface area contributed by atoms with Gasteiger partial charge in [-0.1, -0.05) is 18.9 Å². The SMILES string of the molecule is COc1cccc(C(=O)N(C)CC2(O)CCCC2)c1OC. The molecule has 21 heavy (non-hydrogen) atoms. The number of hydrogen-bond acceptors (Lipinski definition) is 4. The number of hydrogen-bond donors (Lipinski definition) is 1. The Balaban J connectivity index is 2.19. The predicted molar refractivity (Wildman–Crippen MR) is 79.9 cm³/mol. The van der Waals surface area contributed by atoms with E-state index in [9.17, 15) is 9.90 Å². The normalized spacial score (nSPS) is 16.6. The predicted octanol–water partition coefficient (Wildman–Crippen LogP) is 2.08. The summed E-state index contributed by atoms with van der Waals surface area (Å²) in [5.74, 6) is 0.776. The zero-order chi connectivity index (χ0) is 15.5. The minimum absolute atomic E-state index is 0.175. The number of likely N-dealkylation sites (N-methyl/N-ethyl adjacent to an activating group) is 1. The van der Waals surface area contributed by atoms with Gasteiger partial charge >= 0.3 is 0 Å². The molecular weight excluding hydrogens is 270 g/mol. The van der Waals surface area contributed by atoms with Crippen LogP contribution in [0.15, 0.2) is 18.2 Å². The minimum Gasteiger partial charge on any atom is -0.493 e. The molecule has 0 bridgehead atoms. The van der Waals surface area contributed by atoms with Crippen molar-refractivity contribution in [3.05, 3.63) is 23.8 Å². The highest BCUT2D eigenvalue weighted by Gasteiger charge is 2.34. The smallest absolute Gasteiger partial charge is 0.257 e. The molecule has 1 fully saturated rings. The zero-order valence-electron chi connectivity index (χ0n) is 12.9. The van der Waals surface area contributed by atoms with Gasteiger partial charge in [-0.25, -0.2) is 0 Å². The van der Waals surface area contributed by atoms with Gasteiger partial charge in [-0.2, -0.15) is 0 Å². The molecule has 1 aromatic carbocycles. The summed E-state index contributed by atoms with van der Waals surface area (Å²) in [4.78, 5) is 14.2. The van der Waals surface area contributed by atoms with E-state index in [4.69, 9.17) is 9.47 Å². The number of carbonyl (C=O) groups excluding carboxylic acids is 1. The van der Waals surface area contributed by atoms with Crippen LogP contribution >= 0.6 is 0 Å². The number of methoxy groups -OCH3 is 2. The summed E-state index contributed by atoms with van der Waals surface area (Å²) < 4.78 is 10.5. The Hall–Kier alpha value is -1.75. The van der Waals surface area contributed by atoms with Gasteiger partial charge in [-0.05, 0) is 25.0 Å². The monoisotopic (exact) mass is 293 g/mol. The fourth-order valence-corrected chi connectivity index (χ4v) is 2.97. The number of benzene rings is 1. The molecular formula is C16H23NO4. The van der Waals surface area contributed by atoms with Crippen LogP contribution in [0.3, 0.4) is 0 Å². The summed E-state index contributed by atoms with van der Waals surface area (Å²) in [5.41, 5.74) is -0.308. The maximum Gasteiger partial charge on any atom is 0.257 e. The number of amides is 1. The van der Waals surface area contributed by atoms with E-state index in [0.29, 0.717) is 23.6 Å². The van der Waals surface area contributed by atoms with Crippen molar-refractivity contribution >= 4 is 5.91 Å². The van der Waals surface area contributed by atoms with E-state index < -0.39 is 5.60 Å². The van der Waals surface area contributed by atoms with Gasteiger partial charge in [-0.15, -0.1) is 0 Å². The van der Waals surface area contributed by atoms with E-state index in [1.807, 2.05) is 0 Å². The third-order valence-electron chi connectivity index (χ3n) is 4.05. The van der Waals surface area contributed by atoms with Crippen molar-refractivity contribution in [2.24, 2.45) is 0 Å². The maximum absolute atomic E-state index is 12.6. The molecule has 0 heterocycles. The Labute approximate surface area is 125 Å². The van der Waals surface area contributed by atoms with Crippen molar-refractivity contribution in [1.82, 2.24) is 4.90 Å². The van der Waals surface area contributed by atoms with Crippen LogP contribution in [-0.2, 0) is 0 Å². The lowest BCUT2D eigenvalue weighted by molar-refractivity contribution is 0.0155. The number of nitrogens with zero attached hydrogens (tertiary/aromatic N) is 1. The van der Waals surface area contributed by atoms with E-state index in [1.165, 1.54) is 14.2 Å². The first-order valence-electron chi connectivity index (χ1n) is 7.19. The van der Waals surface area contributed by atoms with E-state index in [0.717, 1.165) is 25.7 Å². The number of carbonyl (C=O) groups is 1. The first-order valence-corrected chi connectivity index (χ1v) is 7.19. The molecule has 116 valence electrons. The summed E-state index contributed by atoms with van der Waals surface area (Å²) in [5, 5.41) is 10.4. The molecule has 0 unspecified atom stereocenters. The molecule has 5 heteroatoms. The second-order valence-electron chi connectivity index (χ2n) is 5.63. The van der Waals surface area contributed by atoms with Crippen molar-refractivity contribution in [3.63, 3.8) is 0 Å². The van der Waals surface area contributed by atoms with E-state index >= 15 is 0 Å². The van der Waals surface area contributed by atoms with Crippen molar-refractivity contribution in [3.8, 4) is 11.5 Å². The summed E-state index contributed by atoms with van der Waals surface area (Å²) in [6.07, 6.45) is 3.53. The molecule has 1 aliphatic carbocycles. The molecule has 1 aliphatic rings. The number of rotatable bonds is 5. The van der Waals surface area contributed by atoms with Crippen molar-refractivity contribution < 1.29 is 19.4 Å². The lowest BCUT2D eigenvalue weighted by Gasteiger charge is -2.29. The van der Waals surface area contributed by atoms with Crippen LogP contribution in [-0.4, -0.2) is 49.3 Å². The third-order valence-corrected chi connectivity index (χ3v) is 4.05. The van der Waals surface area contributed by atoms with Crippen LogP contribution in [0, 0.1) is 0 Å². The molecule has 1 saturated carbocycles. The lowest BCUT2D eigenvalue weighted by Crippen LogP contribution is -2.42. The molecule has 1 amide bonds. The summed E-state index contributed by atoms with van der Waals surface area (Å²) in [6, 6.07) is 5.21. The molecule has 0 aromatic heterocycles. The van der Waals surface area contributed by atoms with E-state index in [1.54, 1.807) is 30.1 Å². The summed E-state index contributed by atoms with van der Waals surface area (Å²) >= 11 is 0. The van der Waals surface area contributed by atoms with Crippen LogP contribution in [0.1, 0.15) is 36.0 Å². The van der Waals surface area contributed by atoms with E-state index in [2.05, 4.69) is 0 Å². The third kappa shape index (κ3) is 3.29. The number of ether oxygens (including phenoxy) is 2. The van der Waals surface area contributed by atoms with Crippen LogP contribution in [0.25, 0.3) is 0 Å². The van der Waals surface area contributed by atoms with Crippen LogP contribution < -0.4 is 9.47 Å². The summed E-state index contributed by atoms with van der Waals surface area (Å²) in [7, 11) is 4.76. The Kier molecular flexibility index (Phi) is 4.73. The fourth-order valence-electron chi connectivity index (χ4n) is 2.97. The Morgan fingerprint density at radius 3 is 2.52 bits per heavy atom. The quantitative estimate of drug-likeness (QED) is 0.903. The molecule has 0 saturated heterocycles. The van der Waals surface area contributed by atoms with Crippen molar-refractivity contribution in [1.29, 1.82) is 0 Å². The average molecular weight is 293 g/mol. The molecule has 0 radical (unpaired) electrons. The standard InChI is InChI=1S/C16H23NO4/c1-17(11-16(19)9-4-5-10-16)15(18)12-7-6-8-13(20-2)14(12)21-3/h6-8,19H,4-5,9-11H2,1-3H3. The highest BCUT2D eigenvalue weighted by molar-refractivity contribution is 5.97. The fraction of sp³-hybridized carbons (Fsp3) is 0.562. The highest BCUT2D eigenvalue weighted by Crippen LogP contribution is 2.33. The molecule has 2 rings (SSSR count). The van der Waals surface area contributed by atoms with Crippen molar-refractivity contribution in [2.75, 3.05) is 27.8 Å². The second-order valence-corrected chi connectivity index (χ2v) is 5.63. The van der Waals surface area contributed by atoms with E-state index in [-0.39, 0.29) is 5.91 Å². The first kappa shape index (κ1) is 15.6. The minimum atomic E-state index is -0.753. The van der Waals surface area contributed by atoms with Gasteiger partial charge in [0, 0.05) is 13.6 Å². The molecule has 1 N–H and O–H groups in total. The zero-order valence-corrected chi connectivity index (χ0v) is 12.9. The number of aliphatic hydroxyl groups is 1. The molecule has 1 aromatic rings. The largest absolute Gasteiger partial charge is 0.493 e. The highest BCUT2D eigenvalue weighted by atomic mass is 16.5. The molecule has 0 spiro atoms. The van der Waals surface area contributed by atoms with Gasteiger partial charge in [0.2, 0.25) is 0 Å². The van der Waals surface area contributed by atoms with Gasteiger partial charge in [0.25, 0.3) is 5.91 Å². The first-order chi connectivity index (χ1) is 10.0. The van der Waals surface area contributed by atoms with Crippen LogP contribution in [0.5, 0.6) is 11.5 Å². The van der Waals surface area contributed by atoms with Crippen LogP contribution in [0.4, 0.5) is 0 Å². The molecule has 0 aliphatic heterocycles. The van der Waals surface area contributed by atoms with Gasteiger partial charge in [0.05, 0.1) is 25.4 Å². The molecule has 5 nitrogen and oxygen atoms in total. The lowest BCUT2D eigenvalue weighted by atomic mass is 10.0. The Morgan fingerprint density at radius 1 is 1.29 bits per heavy atom. The average Bonchev–Trinajstić information content (AvgIpc) is 2.91. The van der Waals surface area contributed by atoms with Crippen LogP contribution in [0.2, 0.25) is 0 Å². The number of para-hydroxylation sites is 1. The van der Waals surface area contributed by atoms with Crippen molar-refractivity contribution in [2.45, 2.75) is 31.3 Å². The molecule has 0 atom stereocenters. The maximum atomic E-state index is 12.6.